The van der Waals surface area contributed by atoms with E-state index in [9.17, 15) is 9.90 Å². The Morgan fingerprint density at radius 2 is 2.12 bits per heavy atom. The molecular weight excluding hydrogens is 208 g/mol. The molecule has 16 heavy (non-hydrogen) atoms. The highest BCUT2D eigenvalue weighted by atomic mass is 16.5. The second-order valence-corrected chi connectivity index (χ2v) is 4.26. The number of carbonyl (C=O) groups excluding carboxylic acids is 1. The molecule has 0 saturated carbocycles. The molecule has 0 rings (SSSR count). The summed E-state index contributed by atoms with van der Waals surface area (Å²) in [6.45, 7) is 5.90. The highest BCUT2D eigenvalue weighted by Crippen LogP contribution is 2.02. The molecule has 0 heterocycles. The average molecular weight is 232 g/mol. The molecule has 0 aromatic rings. The van der Waals surface area contributed by atoms with Crippen molar-refractivity contribution in [3.8, 4) is 0 Å². The number of rotatable bonds is 9. The van der Waals surface area contributed by atoms with Gasteiger partial charge in [0.15, 0.2) is 0 Å². The van der Waals surface area contributed by atoms with Crippen LogP contribution in [0.25, 0.3) is 0 Å². The monoisotopic (exact) mass is 232 g/mol. The molecule has 1 amide bonds. The summed E-state index contributed by atoms with van der Waals surface area (Å²) >= 11 is 0. The molecule has 5 heteroatoms. The van der Waals surface area contributed by atoms with E-state index in [0.29, 0.717) is 32.0 Å². The minimum atomic E-state index is -0.456. The largest absolute Gasteiger partial charge is 0.391 e. The Morgan fingerprint density at radius 1 is 1.44 bits per heavy atom. The fraction of sp³-hybridized carbons (Fsp3) is 0.909. The first-order chi connectivity index (χ1) is 7.56. The SMILES string of the molecule is COCCNCC(=O)NCC(O)CC(C)C. The second-order valence-electron chi connectivity index (χ2n) is 4.26. The summed E-state index contributed by atoms with van der Waals surface area (Å²) in [6, 6.07) is 0. The minimum absolute atomic E-state index is 0.0982. The molecule has 0 aliphatic rings. The number of hydrogen-bond acceptors (Lipinski definition) is 4. The van der Waals surface area contributed by atoms with Gasteiger partial charge in [0.2, 0.25) is 5.91 Å². The topological polar surface area (TPSA) is 70.6 Å². The van der Waals surface area contributed by atoms with Crippen LogP contribution in [0.15, 0.2) is 0 Å². The van der Waals surface area contributed by atoms with Gasteiger partial charge < -0.3 is 20.5 Å². The van der Waals surface area contributed by atoms with Gasteiger partial charge in [-0.15, -0.1) is 0 Å². The van der Waals surface area contributed by atoms with Crippen LogP contribution in [0.1, 0.15) is 20.3 Å². The van der Waals surface area contributed by atoms with Crippen LogP contribution in [0.2, 0.25) is 0 Å². The summed E-state index contributed by atoms with van der Waals surface area (Å²) in [5.41, 5.74) is 0. The van der Waals surface area contributed by atoms with Gasteiger partial charge in [-0.25, -0.2) is 0 Å². The Labute approximate surface area is 97.6 Å². The van der Waals surface area contributed by atoms with Gasteiger partial charge in [-0.2, -0.15) is 0 Å². The first-order valence-corrected chi connectivity index (χ1v) is 5.70. The molecule has 0 aromatic heterocycles. The van der Waals surface area contributed by atoms with Gasteiger partial charge >= 0.3 is 0 Å². The van der Waals surface area contributed by atoms with E-state index in [0.717, 1.165) is 0 Å². The van der Waals surface area contributed by atoms with Crippen LogP contribution >= 0.6 is 0 Å². The van der Waals surface area contributed by atoms with Crippen LogP contribution in [0, 0.1) is 5.92 Å². The zero-order chi connectivity index (χ0) is 12.4. The lowest BCUT2D eigenvalue weighted by molar-refractivity contribution is -0.120. The van der Waals surface area contributed by atoms with Crippen molar-refractivity contribution in [3.05, 3.63) is 0 Å². The predicted octanol–water partition coefficient (Wildman–Crippen LogP) is -0.254. The Balaban J connectivity index is 3.42. The number of nitrogens with one attached hydrogen (secondary N) is 2. The molecule has 3 N–H and O–H groups in total. The number of carbonyl (C=O) groups is 1. The molecule has 0 aliphatic heterocycles. The van der Waals surface area contributed by atoms with Crippen molar-refractivity contribution in [3.63, 3.8) is 0 Å². The zero-order valence-electron chi connectivity index (χ0n) is 10.5. The quantitative estimate of drug-likeness (QED) is 0.479. The highest BCUT2D eigenvalue weighted by molar-refractivity contribution is 5.77. The van der Waals surface area contributed by atoms with Crippen molar-refractivity contribution in [2.24, 2.45) is 5.92 Å². The second kappa shape index (κ2) is 9.57. The van der Waals surface area contributed by atoms with Crippen molar-refractivity contribution in [1.29, 1.82) is 0 Å². The minimum Gasteiger partial charge on any atom is -0.391 e. The molecule has 0 fully saturated rings. The van der Waals surface area contributed by atoms with E-state index >= 15 is 0 Å². The third kappa shape index (κ3) is 9.89. The summed E-state index contributed by atoms with van der Waals surface area (Å²) in [6.07, 6.45) is 0.250. The Kier molecular flexibility index (Phi) is 9.18. The van der Waals surface area contributed by atoms with Crippen LogP contribution in [0.4, 0.5) is 0 Å². The molecule has 1 unspecified atom stereocenters. The van der Waals surface area contributed by atoms with E-state index in [-0.39, 0.29) is 12.5 Å². The summed E-state index contributed by atoms with van der Waals surface area (Å²) in [5, 5.41) is 15.1. The van der Waals surface area contributed by atoms with Gasteiger partial charge in [-0.3, -0.25) is 4.79 Å². The lowest BCUT2D eigenvalue weighted by Gasteiger charge is -2.13. The Bertz CT molecular complexity index is 186. The number of methoxy groups -OCH3 is 1. The van der Waals surface area contributed by atoms with Crippen LogP contribution in [-0.2, 0) is 9.53 Å². The van der Waals surface area contributed by atoms with Gasteiger partial charge in [-0.05, 0) is 12.3 Å². The van der Waals surface area contributed by atoms with Crippen molar-refractivity contribution >= 4 is 5.91 Å². The van der Waals surface area contributed by atoms with Gasteiger partial charge in [0, 0.05) is 20.2 Å². The molecular formula is C11H24N2O3. The van der Waals surface area contributed by atoms with Gasteiger partial charge in [0.1, 0.15) is 0 Å². The molecule has 96 valence electrons. The van der Waals surface area contributed by atoms with E-state index in [1.807, 2.05) is 13.8 Å². The maximum absolute atomic E-state index is 11.3. The Morgan fingerprint density at radius 3 is 2.69 bits per heavy atom. The van der Waals surface area contributed by atoms with Crippen molar-refractivity contribution in [1.82, 2.24) is 10.6 Å². The van der Waals surface area contributed by atoms with Crippen LogP contribution in [-0.4, -0.2) is 50.5 Å². The van der Waals surface area contributed by atoms with Crippen molar-refractivity contribution in [2.45, 2.75) is 26.4 Å². The van der Waals surface area contributed by atoms with Crippen LogP contribution in [0.5, 0.6) is 0 Å². The smallest absolute Gasteiger partial charge is 0.234 e. The molecule has 0 spiro atoms. The van der Waals surface area contributed by atoms with E-state index < -0.39 is 6.10 Å². The van der Waals surface area contributed by atoms with Gasteiger partial charge in [0.05, 0.1) is 19.3 Å². The lowest BCUT2D eigenvalue weighted by Crippen LogP contribution is -2.39. The average Bonchev–Trinajstić information content (AvgIpc) is 2.20. The van der Waals surface area contributed by atoms with E-state index in [1.54, 1.807) is 7.11 Å². The van der Waals surface area contributed by atoms with Crippen molar-refractivity contribution in [2.75, 3.05) is 33.4 Å². The molecule has 5 nitrogen and oxygen atoms in total. The van der Waals surface area contributed by atoms with Gasteiger partial charge in [-0.1, -0.05) is 13.8 Å². The maximum atomic E-state index is 11.3. The highest BCUT2D eigenvalue weighted by Gasteiger charge is 2.08. The fourth-order valence-electron chi connectivity index (χ4n) is 1.30. The molecule has 0 saturated heterocycles. The van der Waals surface area contributed by atoms with Crippen LogP contribution in [0.3, 0.4) is 0 Å². The van der Waals surface area contributed by atoms with E-state index in [1.165, 1.54) is 0 Å². The summed E-state index contributed by atoms with van der Waals surface area (Å²) in [5.74, 6) is 0.339. The fourth-order valence-corrected chi connectivity index (χ4v) is 1.30. The third-order valence-electron chi connectivity index (χ3n) is 2.05. The maximum Gasteiger partial charge on any atom is 0.234 e. The normalized spacial score (nSPS) is 12.8. The molecule has 0 aromatic carbocycles. The predicted molar refractivity (Wildman–Crippen MR) is 63.2 cm³/mol. The molecule has 1 atom stereocenters. The van der Waals surface area contributed by atoms with Gasteiger partial charge in [0.25, 0.3) is 0 Å². The molecule has 0 bridgehead atoms. The number of aliphatic hydroxyl groups is 1. The van der Waals surface area contributed by atoms with E-state index in [2.05, 4.69) is 10.6 Å². The molecule has 0 radical (unpaired) electrons. The summed E-state index contributed by atoms with van der Waals surface area (Å²) in [4.78, 5) is 11.3. The Hall–Kier alpha value is -0.650. The lowest BCUT2D eigenvalue weighted by atomic mass is 10.1. The summed E-state index contributed by atoms with van der Waals surface area (Å²) in [7, 11) is 1.62. The van der Waals surface area contributed by atoms with E-state index in [4.69, 9.17) is 4.74 Å². The number of aliphatic hydroxyl groups excluding tert-OH is 1. The van der Waals surface area contributed by atoms with Crippen LogP contribution < -0.4 is 10.6 Å². The first-order valence-electron chi connectivity index (χ1n) is 5.70. The molecule has 0 aliphatic carbocycles. The number of hydrogen-bond donors (Lipinski definition) is 3. The third-order valence-corrected chi connectivity index (χ3v) is 2.05. The standard InChI is InChI=1S/C11H24N2O3/c1-9(2)6-10(14)7-13-11(15)8-12-4-5-16-3/h9-10,12,14H,4-8H2,1-3H3,(H,13,15). The zero-order valence-corrected chi connectivity index (χ0v) is 10.5. The first kappa shape index (κ1) is 15.3. The summed E-state index contributed by atoms with van der Waals surface area (Å²) < 4.78 is 4.83. The number of ether oxygens (including phenoxy) is 1. The number of amides is 1. The van der Waals surface area contributed by atoms with Crippen molar-refractivity contribution < 1.29 is 14.6 Å².